The Kier molecular flexibility index (Phi) is 8.07. The van der Waals surface area contributed by atoms with Crippen molar-refractivity contribution in [2.45, 2.75) is 70.9 Å². The van der Waals surface area contributed by atoms with E-state index in [4.69, 9.17) is 24.2 Å². The monoisotopic (exact) mass is 637 g/mol. The van der Waals surface area contributed by atoms with Crippen molar-refractivity contribution in [1.29, 1.82) is 0 Å². The number of carbonyl (C=O) groups is 1. The number of methoxy groups -OCH3 is 1. The van der Waals surface area contributed by atoms with Crippen LogP contribution >= 0.6 is 0 Å². The number of fused-ring (bicyclic) bond motifs is 1. The number of imidazole rings is 1. The van der Waals surface area contributed by atoms with Crippen LogP contribution in [0.15, 0.2) is 36.8 Å². The number of halogens is 3. The summed E-state index contributed by atoms with van der Waals surface area (Å²) in [5.41, 5.74) is 2.50. The van der Waals surface area contributed by atoms with Crippen molar-refractivity contribution in [3.63, 3.8) is 0 Å². The van der Waals surface area contributed by atoms with E-state index in [1.165, 1.54) is 25.1 Å². The second-order valence-corrected chi connectivity index (χ2v) is 12.4. The smallest absolute Gasteiger partial charge is 0.434 e. The minimum Gasteiger partial charge on any atom is -0.480 e. The van der Waals surface area contributed by atoms with Crippen molar-refractivity contribution in [2.24, 2.45) is 7.05 Å². The van der Waals surface area contributed by atoms with Crippen LogP contribution in [0.4, 0.5) is 18.0 Å². The van der Waals surface area contributed by atoms with Crippen molar-refractivity contribution in [1.82, 2.24) is 34.4 Å². The Balaban J connectivity index is 1.31. The first-order valence-corrected chi connectivity index (χ1v) is 14.9. The van der Waals surface area contributed by atoms with Crippen molar-refractivity contribution in [3.8, 4) is 34.5 Å². The summed E-state index contributed by atoms with van der Waals surface area (Å²) in [6, 6.07) is 6.95. The molecule has 1 amide bonds. The molecule has 3 aromatic heterocycles. The first kappa shape index (κ1) is 31.2. The number of hydrogen-bond acceptors (Lipinski definition) is 9. The molecule has 0 saturated heterocycles. The maximum absolute atomic E-state index is 13.2. The minimum absolute atomic E-state index is 0.130. The van der Waals surface area contributed by atoms with Crippen molar-refractivity contribution in [2.75, 3.05) is 13.7 Å². The highest BCUT2D eigenvalue weighted by Crippen LogP contribution is 2.45. The van der Waals surface area contributed by atoms with Gasteiger partial charge in [0.15, 0.2) is 11.5 Å². The molecule has 1 fully saturated rings. The summed E-state index contributed by atoms with van der Waals surface area (Å²) in [5, 5.41) is 0. The zero-order chi connectivity index (χ0) is 32.8. The van der Waals surface area contributed by atoms with E-state index < -0.39 is 23.6 Å². The second-order valence-electron chi connectivity index (χ2n) is 12.4. The number of carbonyl (C=O) groups excluding carboxylic acids is 1. The number of rotatable bonds is 7. The molecule has 1 aliphatic heterocycles. The Morgan fingerprint density at radius 2 is 1.76 bits per heavy atom. The Morgan fingerprint density at radius 3 is 2.39 bits per heavy atom. The average molecular weight is 638 g/mol. The van der Waals surface area contributed by atoms with E-state index in [1.807, 2.05) is 20.8 Å². The van der Waals surface area contributed by atoms with Crippen molar-refractivity contribution < 1.29 is 32.2 Å². The van der Waals surface area contributed by atoms with Gasteiger partial charge in [-0.2, -0.15) is 18.2 Å². The molecule has 46 heavy (non-hydrogen) atoms. The summed E-state index contributed by atoms with van der Waals surface area (Å²) in [6.07, 6.45) is -0.114. The summed E-state index contributed by atoms with van der Waals surface area (Å²) in [7, 11) is 3.05. The third-order valence-corrected chi connectivity index (χ3v) is 7.66. The molecule has 0 radical (unpaired) electrons. The van der Waals surface area contributed by atoms with Gasteiger partial charge in [-0.15, -0.1) is 0 Å². The zero-order valence-corrected chi connectivity index (χ0v) is 26.2. The fourth-order valence-electron chi connectivity index (χ4n) is 5.30. The number of amides is 1. The van der Waals surface area contributed by atoms with Crippen LogP contribution in [0.25, 0.3) is 22.8 Å². The summed E-state index contributed by atoms with van der Waals surface area (Å²) >= 11 is 0. The highest BCUT2D eigenvalue weighted by Gasteiger charge is 2.35. The number of benzene rings is 1. The highest BCUT2D eigenvalue weighted by atomic mass is 19.4. The van der Waals surface area contributed by atoms with Crippen LogP contribution in [0.2, 0.25) is 0 Å². The number of hydrogen-bond donors (Lipinski definition) is 0. The van der Waals surface area contributed by atoms with E-state index in [1.54, 1.807) is 29.2 Å². The predicted octanol–water partition coefficient (Wildman–Crippen LogP) is 6.11. The number of alkyl halides is 3. The molecular formula is C32H34F3N7O4. The molecule has 0 bridgehead atoms. The second kappa shape index (κ2) is 11.9. The zero-order valence-electron chi connectivity index (χ0n) is 26.2. The average Bonchev–Trinajstić information content (AvgIpc) is 3.78. The molecule has 0 unspecified atom stereocenters. The van der Waals surface area contributed by atoms with E-state index in [2.05, 4.69) is 15.0 Å². The van der Waals surface area contributed by atoms with E-state index in [0.717, 1.165) is 35.9 Å². The van der Waals surface area contributed by atoms with Crippen LogP contribution in [0.3, 0.4) is 0 Å². The first-order chi connectivity index (χ1) is 21.8. The number of ether oxygens (including phenoxy) is 3. The third kappa shape index (κ3) is 6.60. The maximum Gasteiger partial charge on any atom is 0.434 e. The standard InChI is InChI=1S/C32H34F3N7O4/c1-31(2,3)46-30(43)42-13-12-21-22(14-42)38-26(24-25(19-10-11-19)36-17-37-29(24)44-5)40-28(21)45-16-18-6-8-20(9-7-18)27-39-23(15-41(27)4)32(33,34)35/h6-9,15,17,19H,10-14,16H2,1-5H3. The number of nitrogens with zero attached hydrogens (tertiary/aromatic N) is 7. The van der Waals surface area contributed by atoms with Gasteiger partial charge >= 0.3 is 12.3 Å². The molecule has 1 saturated carbocycles. The third-order valence-electron chi connectivity index (χ3n) is 7.66. The maximum atomic E-state index is 13.2. The van der Waals surface area contributed by atoms with Crippen LogP contribution in [-0.2, 0) is 37.5 Å². The Morgan fingerprint density at radius 1 is 1.02 bits per heavy atom. The molecule has 2 aliphatic rings. The van der Waals surface area contributed by atoms with Crippen LogP contribution in [0.5, 0.6) is 11.8 Å². The van der Waals surface area contributed by atoms with Gasteiger partial charge in [0, 0.05) is 36.8 Å². The van der Waals surface area contributed by atoms with Gasteiger partial charge < -0.3 is 23.7 Å². The quantitative estimate of drug-likeness (QED) is 0.237. The Labute approximate surface area is 263 Å². The fraction of sp³-hybridized carbons (Fsp3) is 0.438. The normalized spacial score (nSPS) is 15.0. The van der Waals surface area contributed by atoms with Gasteiger partial charge in [-0.3, -0.25) is 0 Å². The lowest BCUT2D eigenvalue weighted by atomic mass is 10.0. The molecule has 0 spiro atoms. The lowest BCUT2D eigenvalue weighted by Crippen LogP contribution is -2.40. The van der Waals surface area contributed by atoms with Crippen molar-refractivity contribution in [3.05, 3.63) is 65.0 Å². The lowest BCUT2D eigenvalue weighted by Gasteiger charge is -2.31. The van der Waals surface area contributed by atoms with Crippen LogP contribution in [0.1, 0.15) is 67.7 Å². The number of aryl methyl sites for hydroxylation is 1. The van der Waals surface area contributed by atoms with Gasteiger partial charge in [-0.1, -0.05) is 24.3 Å². The Hall–Kier alpha value is -4.75. The molecule has 242 valence electrons. The van der Waals surface area contributed by atoms with Gasteiger partial charge in [0.25, 0.3) is 0 Å². The topological polar surface area (TPSA) is 117 Å². The number of aromatic nitrogens is 6. The molecule has 0 N–H and O–H groups in total. The molecule has 6 rings (SSSR count). The summed E-state index contributed by atoms with van der Waals surface area (Å²) in [4.78, 5) is 36.9. The molecule has 11 nitrogen and oxygen atoms in total. The summed E-state index contributed by atoms with van der Waals surface area (Å²) in [6.45, 7) is 6.18. The van der Waals surface area contributed by atoms with E-state index in [-0.39, 0.29) is 24.9 Å². The van der Waals surface area contributed by atoms with Crippen LogP contribution in [0, 0.1) is 0 Å². The fourth-order valence-corrected chi connectivity index (χ4v) is 5.30. The van der Waals surface area contributed by atoms with E-state index in [9.17, 15) is 18.0 Å². The van der Waals surface area contributed by atoms with Gasteiger partial charge in [0.1, 0.15) is 29.9 Å². The van der Waals surface area contributed by atoms with Gasteiger partial charge in [-0.05, 0) is 45.6 Å². The molecule has 1 aromatic carbocycles. The predicted molar refractivity (Wildman–Crippen MR) is 160 cm³/mol. The molecule has 0 atom stereocenters. The van der Waals surface area contributed by atoms with Crippen molar-refractivity contribution >= 4 is 6.09 Å². The van der Waals surface area contributed by atoms with Gasteiger partial charge in [0.05, 0.1) is 25.0 Å². The van der Waals surface area contributed by atoms with E-state index in [0.29, 0.717) is 47.4 Å². The first-order valence-electron chi connectivity index (χ1n) is 14.9. The van der Waals surface area contributed by atoms with Gasteiger partial charge in [-0.25, -0.2) is 24.7 Å². The van der Waals surface area contributed by atoms with Gasteiger partial charge in [0.2, 0.25) is 11.8 Å². The molecule has 14 heteroatoms. The van der Waals surface area contributed by atoms with Crippen LogP contribution in [-0.4, -0.2) is 59.7 Å². The Bertz CT molecular complexity index is 1760. The molecule has 4 aromatic rings. The highest BCUT2D eigenvalue weighted by molar-refractivity contribution is 5.70. The summed E-state index contributed by atoms with van der Waals surface area (Å²) in [5.74, 6) is 1.50. The van der Waals surface area contributed by atoms with E-state index >= 15 is 0 Å². The molecular weight excluding hydrogens is 603 g/mol. The van der Waals surface area contributed by atoms with Crippen LogP contribution < -0.4 is 9.47 Å². The minimum atomic E-state index is -4.53. The largest absolute Gasteiger partial charge is 0.480 e. The molecule has 1 aliphatic carbocycles. The summed E-state index contributed by atoms with van der Waals surface area (Å²) < 4.78 is 58.4. The molecule has 4 heterocycles. The SMILES string of the molecule is COc1ncnc(C2CC2)c1-c1nc2c(c(OCc3ccc(-c4nc(C(F)(F)F)cn4C)cc3)n1)CCN(C(=O)OC(C)(C)C)C2. The lowest BCUT2D eigenvalue weighted by molar-refractivity contribution is -0.140.